The first-order valence-corrected chi connectivity index (χ1v) is 9.88. The normalized spacial score (nSPS) is 23.6. The third kappa shape index (κ3) is 3.57. The van der Waals surface area contributed by atoms with Crippen LogP contribution in [0.4, 0.5) is 0 Å². The molecule has 0 aromatic heterocycles. The van der Waals surface area contributed by atoms with Crippen molar-refractivity contribution in [2.45, 2.75) is 83.7 Å². The first-order valence-electron chi connectivity index (χ1n) is 9.88. The van der Waals surface area contributed by atoms with Crippen LogP contribution in [0.15, 0.2) is 12.1 Å². The maximum absolute atomic E-state index is 11.0. The molecule has 1 N–H and O–H groups in total. The highest BCUT2D eigenvalue weighted by atomic mass is 17.0. The van der Waals surface area contributed by atoms with Crippen molar-refractivity contribution < 1.29 is 14.7 Å². The summed E-state index contributed by atoms with van der Waals surface area (Å²) in [4.78, 5) is 18.4. The van der Waals surface area contributed by atoms with E-state index in [9.17, 15) is 10.1 Å². The third-order valence-electron chi connectivity index (χ3n) is 6.37. The van der Waals surface area contributed by atoms with Crippen LogP contribution < -0.4 is 10.1 Å². The summed E-state index contributed by atoms with van der Waals surface area (Å²) in [5.41, 5.74) is 3.27. The molecule has 3 rings (SSSR count). The molecule has 2 aliphatic heterocycles. The Bertz CT molecular complexity index is 738. The predicted molar refractivity (Wildman–Crippen MR) is 108 cm³/mol. The summed E-state index contributed by atoms with van der Waals surface area (Å²) in [7, 11) is 2.15. The van der Waals surface area contributed by atoms with E-state index in [4.69, 9.17) is 9.57 Å². The van der Waals surface area contributed by atoms with Crippen molar-refractivity contribution >= 4 is 0 Å². The number of benzene rings is 1. The molecule has 0 radical (unpaired) electrons. The van der Waals surface area contributed by atoms with Gasteiger partial charge in [0.05, 0.1) is 0 Å². The molecule has 0 bridgehead atoms. The second-order valence-corrected chi connectivity index (χ2v) is 10.0. The summed E-state index contributed by atoms with van der Waals surface area (Å²) in [6.07, 6.45) is -0.449. The van der Waals surface area contributed by atoms with E-state index in [0.717, 1.165) is 11.3 Å². The van der Waals surface area contributed by atoms with Gasteiger partial charge in [0.1, 0.15) is 11.9 Å². The molecule has 1 aromatic rings. The Morgan fingerprint density at radius 2 is 1.86 bits per heavy atom. The molecule has 28 heavy (non-hydrogen) atoms. The van der Waals surface area contributed by atoms with Crippen LogP contribution in [0.2, 0.25) is 0 Å². The lowest BCUT2D eigenvalue weighted by molar-refractivity contribution is -0.769. The largest absolute Gasteiger partial charge is 0.487 e. The number of nitrogens with one attached hydrogen (secondary N) is 1. The van der Waals surface area contributed by atoms with E-state index in [0.29, 0.717) is 13.0 Å². The first kappa shape index (κ1) is 20.9. The summed E-state index contributed by atoms with van der Waals surface area (Å²) < 4.78 is 6.17. The zero-order chi connectivity index (χ0) is 21.1. The molecule has 0 spiro atoms. The van der Waals surface area contributed by atoms with Crippen LogP contribution in [-0.2, 0) is 22.3 Å². The van der Waals surface area contributed by atoms with E-state index in [-0.39, 0.29) is 22.7 Å². The average Bonchev–Trinajstić information content (AvgIpc) is 3.02. The molecular weight excluding hydrogens is 358 g/mol. The van der Waals surface area contributed by atoms with Gasteiger partial charge in [0.2, 0.25) is 0 Å². The summed E-state index contributed by atoms with van der Waals surface area (Å²) in [5.74, 6) is 0.815. The second-order valence-electron chi connectivity index (χ2n) is 10.0. The second kappa shape index (κ2) is 6.59. The lowest BCUT2D eigenvalue weighted by Crippen LogP contribution is -2.47. The van der Waals surface area contributed by atoms with Crippen LogP contribution in [0.5, 0.6) is 5.75 Å². The average molecular weight is 392 g/mol. The van der Waals surface area contributed by atoms with Gasteiger partial charge in [-0.15, -0.1) is 10.1 Å². The van der Waals surface area contributed by atoms with Crippen molar-refractivity contribution in [2.24, 2.45) is 0 Å². The van der Waals surface area contributed by atoms with Crippen molar-refractivity contribution in [3.63, 3.8) is 0 Å². The van der Waals surface area contributed by atoms with Crippen molar-refractivity contribution in [3.8, 4) is 5.75 Å². The number of nitrogens with zero attached hydrogens (tertiary/aromatic N) is 2. The maximum atomic E-state index is 11.0. The van der Waals surface area contributed by atoms with Gasteiger partial charge in [-0.1, -0.05) is 0 Å². The standard InChI is InChI=1S/C21H33N3O4/c1-19(2,3)22-12-18(28-24(25)26)17-10-13-9-14-15(11-16(13)27-17)21(6,7)23(8)20(14,4)5/h9,11,17-18,22H,10,12H2,1-8H3. The molecule has 0 saturated carbocycles. The lowest BCUT2D eigenvalue weighted by atomic mass is 9.88. The SMILES string of the molecule is CN1C(C)(C)c2cc3c(cc2C1(C)C)OC(C(CNC(C)(C)C)O[N+](=O)[O-])C3. The van der Waals surface area contributed by atoms with Gasteiger partial charge in [0, 0.05) is 29.6 Å². The fraction of sp³-hybridized carbons (Fsp3) is 0.714. The van der Waals surface area contributed by atoms with Crippen molar-refractivity contribution in [1.82, 2.24) is 10.2 Å². The van der Waals surface area contributed by atoms with E-state index in [2.05, 4.69) is 57.1 Å². The minimum Gasteiger partial charge on any atom is -0.487 e. The number of rotatable bonds is 5. The van der Waals surface area contributed by atoms with Gasteiger partial charge in [-0.3, -0.25) is 4.90 Å². The lowest BCUT2D eigenvalue weighted by Gasteiger charge is -2.37. The van der Waals surface area contributed by atoms with Crippen molar-refractivity contribution in [3.05, 3.63) is 38.9 Å². The smallest absolute Gasteiger partial charge is 0.294 e. The Labute approximate surface area is 167 Å². The Morgan fingerprint density at radius 3 is 2.39 bits per heavy atom. The van der Waals surface area contributed by atoms with Gasteiger partial charge in [-0.2, -0.15) is 0 Å². The molecule has 2 atom stereocenters. The minimum absolute atomic E-state index is 0.0868. The highest BCUT2D eigenvalue weighted by Gasteiger charge is 2.48. The van der Waals surface area contributed by atoms with E-state index < -0.39 is 11.2 Å². The Balaban J connectivity index is 1.87. The zero-order valence-electron chi connectivity index (χ0n) is 18.3. The van der Waals surface area contributed by atoms with Crippen LogP contribution in [0, 0.1) is 10.1 Å². The topological polar surface area (TPSA) is 76.9 Å². The highest BCUT2D eigenvalue weighted by molar-refractivity contribution is 5.53. The fourth-order valence-corrected chi connectivity index (χ4v) is 4.35. The van der Waals surface area contributed by atoms with Gasteiger partial charge >= 0.3 is 0 Å². The van der Waals surface area contributed by atoms with Crippen LogP contribution in [0.1, 0.15) is 65.2 Å². The van der Waals surface area contributed by atoms with Crippen LogP contribution >= 0.6 is 0 Å². The van der Waals surface area contributed by atoms with E-state index in [1.165, 1.54) is 11.1 Å². The van der Waals surface area contributed by atoms with E-state index in [1.807, 2.05) is 20.8 Å². The molecule has 2 aliphatic rings. The Hall–Kier alpha value is -1.86. The van der Waals surface area contributed by atoms with Crippen LogP contribution in [0.3, 0.4) is 0 Å². The predicted octanol–water partition coefficient (Wildman–Crippen LogP) is 3.37. The van der Waals surface area contributed by atoms with Gasteiger partial charge < -0.3 is 14.9 Å². The molecule has 156 valence electrons. The molecule has 0 fully saturated rings. The molecule has 2 unspecified atom stereocenters. The number of hydrogen-bond donors (Lipinski definition) is 1. The van der Waals surface area contributed by atoms with Crippen molar-refractivity contribution in [2.75, 3.05) is 13.6 Å². The van der Waals surface area contributed by atoms with Crippen LogP contribution in [0.25, 0.3) is 0 Å². The molecule has 0 aliphatic carbocycles. The number of fused-ring (bicyclic) bond motifs is 2. The van der Waals surface area contributed by atoms with Crippen molar-refractivity contribution in [1.29, 1.82) is 0 Å². The maximum Gasteiger partial charge on any atom is 0.294 e. The highest BCUT2D eigenvalue weighted by Crippen LogP contribution is 2.51. The van der Waals surface area contributed by atoms with E-state index >= 15 is 0 Å². The first-order chi connectivity index (χ1) is 12.7. The summed E-state index contributed by atoms with van der Waals surface area (Å²) >= 11 is 0. The number of ether oxygens (including phenoxy) is 1. The summed E-state index contributed by atoms with van der Waals surface area (Å²) in [5, 5.41) is 13.6. The summed E-state index contributed by atoms with van der Waals surface area (Å²) in [6, 6.07) is 4.34. The molecule has 7 nitrogen and oxygen atoms in total. The van der Waals surface area contributed by atoms with Gasteiger partial charge in [0.15, 0.2) is 6.10 Å². The summed E-state index contributed by atoms with van der Waals surface area (Å²) in [6.45, 7) is 15.3. The Morgan fingerprint density at radius 1 is 1.29 bits per heavy atom. The van der Waals surface area contributed by atoms with Gasteiger partial charge in [-0.25, -0.2) is 0 Å². The minimum atomic E-state index is -0.720. The molecule has 0 amide bonds. The molecule has 1 aromatic carbocycles. The number of hydrogen-bond acceptors (Lipinski definition) is 6. The quantitative estimate of drug-likeness (QED) is 0.613. The van der Waals surface area contributed by atoms with Gasteiger partial charge in [-0.05, 0) is 84.3 Å². The molecule has 2 heterocycles. The molecule has 0 saturated heterocycles. The van der Waals surface area contributed by atoms with Gasteiger partial charge in [0.25, 0.3) is 5.09 Å². The Kier molecular flexibility index (Phi) is 4.91. The van der Waals surface area contributed by atoms with Crippen LogP contribution in [-0.4, -0.2) is 41.3 Å². The molecule has 7 heteroatoms. The third-order valence-corrected chi connectivity index (χ3v) is 6.37. The zero-order valence-corrected chi connectivity index (χ0v) is 18.3. The molecular formula is C21H33N3O4. The fourth-order valence-electron chi connectivity index (χ4n) is 4.35. The monoisotopic (exact) mass is 391 g/mol. The van der Waals surface area contributed by atoms with E-state index in [1.54, 1.807) is 0 Å².